The summed E-state index contributed by atoms with van der Waals surface area (Å²) in [6, 6.07) is 6.82. The van der Waals surface area contributed by atoms with Crippen molar-refractivity contribution in [3.63, 3.8) is 0 Å². The van der Waals surface area contributed by atoms with Crippen LogP contribution in [0.1, 0.15) is 35.3 Å². The van der Waals surface area contributed by atoms with Crippen molar-refractivity contribution in [1.29, 1.82) is 0 Å². The molecule has 1 unspecified atom stereocenters. The number of hydrogen-bond donors (Lipinski definition) is 2. The first-order valence-electron chi connectivity index (χ1n) is 11.1. The lowest BCUT2D eigenvalue weighted by molar-refractivity contribution is 0.0170. The third-order valence-electron chi connectivity index (χ3n) is 5.69. The topological polar surface area (TPSA) is 71.0 Å². The van der Waals surface area contributed by atoms with Crippen molar-refractivity contribution in [2.24, 2.45) is 4.99 Å². The molecule has 1 atom stereocenters. The van der Waals surface area contributed by atoms with Gasteiger partial charge in [-0.1, -0.05) is 12.1 Å². The fourth-order valence-corrected chi connectivity index (χ4v) is 3.95. The van der Waals surface area contributed by atoms with Crippen molar-refractivity contribution in [2.45, 2.75) is 33.4 Å². The van der Waals surface area contributed by atoms with E-state index >= 15 is 0 Å². The molecule has 2 aromatic rings. The number of halogens is 1. The first-order valence-corrected chi connectivity index (χ1v) is 11.1. The molecule has 174 valence electrons. The first kappa shape index (κ1) is 23.9. The number of aliphatic imine (C=N–C) groups is 1. The van der Waals surface area contributed by atoms with Gasteiger partial charge in [0, 0.05) is 43.5 Å². The van der Waals surface area contributed by atoms with Crippen LogP contribution in [0.15, 0.2) is 35.5 Å². The van der Waals surface area contributed by atoms with Crippen LogP contribution in [-0.2, 0) is 11.3 Å². The fourth-order valence-electron chi connectivity index (χ4n) is 3.95. The average Bonchev–Trinajstić information content (AvgIpc) is 2.80. The second-order valence-electron chi connectivity index (χ2n) is 7.84. The second kappa shape index (κ2) is 11.8. The number of rotatable bonds is 8. The monoisotopic (exact) mass is 443 g/mol. The molecule has 32 heavy (non-hydrogen) atoms. The Morgan fingerprint density at radius 3 is 2.59 bits per heavy atom. The second-order valence-corrected chi connectivity index (χ2v) is 7.84. The molecule has 3 rings (SSSR count). The molecule has 1 aliphatic heterocycles. The summed E-state index contributed by atoms with van der Waals surface area (Å²) in [5.74, 6) is 1.34. The average molecular weight is 444 g/mol. The van der Waals surface area contributed by atoms with Gasteiger partial charge in [-0.15, -0.1) is 0 Å². The van der Waals surface area contributed by atoms with E-state index in [9.17, 15) is 4.39 Å². The maximum atomic E-state index is 13.5. The van der Waals surface area contributed by atoms with Crippen molar-refractivity contribution < 1.29 is 13.9 Å². The molecule has 1 fully saturated rings. The highest BCUT2D eigenvalue weighted by Gasteiger charge is 2.23. The van der Waals surface area contributed by atoms with E-state index in [1.165, 1.54) is 12.1 Å². The molecule has 0 aliphatic carbocycles. The van der Waals surface area contributed by atoms with E-state index in [0.717, 1.165) is 47.8 Å². The molecule has 0 spiro atoms. The maximum Gasteiger partial charge on any atom is 0.191 e. The Kier molecular flexibility index (Phi) is 8.81. The molecule has 8 heteroatoms. The van der Waals surface area contributed by atoms with Crippen molar-refractivity contribution in [1.82, 2.24) is 20.5 Å². The summed E-state index contributed by atoms with van der Waals surface area (Å²) >= 11 is 0. The Morgan fingerprint density at radius 2 is 1.94 bits per heavy atom. The lowest BCUT2D eigenvalue weighted by atomic mass is 10.0. The molecular weight excluding hydrogens is 409 g/mol. The van der Waals surface area contributed by atoms with E-state index in [1.807, 2.05) is 39.1 Å². The van der Waals surface area contributed by atoms with Crippen LogP contribution in [0.2, 0.25) is 0 Å². The minimum absolute atomic E-state index is 0.0858. The molecule has 1 aromatic heterocycles. The highest BCUT2D eigenvalue weighted by atomic mass is 19.1. The molecule has 1 saturated heterocycles. The Bertz CT molecular complexity index is 898. The smallest absolute Gasteiger partial charge is 0.191 e. The normalized spacial score (nSPS) is 16.0. The van der Waals surface area contributed by atoms with Crippen molar-refractivity contribution >= 4 is 5.96 Å². The Hall–Kier alpha value is -2.71. The number of nitrogens with zero attached hydrogens (tertiary/aromatic N) is 3. The third-order valence-corrected chi connectivity index (χ3v) is 5.69. The van der Waals surface area contributed by atoms with Crippen LogP contribution in [0, 0.1) is 19.7 Å². The fraction of sp³-hybridized carbons (Fsp3) is 0.500. The Morgan fingerprint density at radius 1 is 1.22 bits per heavy atom. The van der Waals surface area contributed by atoms with Gasteiger partial charge in [-0.2, -0.15) is 0 Å². The number of aromatic nitrogens is 1. The van der Waals surface area contributed by atoms with Crippen LogP contribution in [0.3, 0.4) is 0 Å². The highest BCUT2D eigenvalue weighted by molar-refractivity contribution is 5.79. The van der Waals surface area contributed by atoms with E-state index < -0.39 is 0 Å². The molecule has 7 nitrogen and oxygen atoms in total. The molecule has 1 aromatic carbocycles. The Balaban J connectivity index is 1.75. The van der Waals surface area contributed by atoms with Gasteiger partial charge in [0.2, 0.25) is 0 Å². The molecule has 2 heterocycles. The summed E-state index contributed by atoms with van der Waals surface area (Å²) in [4.78, 5) is 11.7. The SMILES string of the molecule is CCNC(=NCc1ncc(C)c(OC)c1C)NCC(c1ccc(F)cc1)N1CCOCC1. The van der Waals surface area contributed by atoms with E-state index in [0.29, 0.717) is 32.3 Å². The first-order chi connectivity index (χ1) is 15.5. The zero-order chi connectivity index (χ0) is 22.9. The number of hydrogen-bond acceptors (Lipinski definition) is 5. The number of nitrogens with one attached hydrogen (secondary N) is 2. The molecule has 0 bridgehead atoms. The molecule has 0 radical (unpaired) electrons. The molecule has 0 saturated carbocycles. The van der Waals surface area contributed by atoms with Gasteiger partial charge < -0.3 is 20.1 Å². The van der Waals surface area contributed by atoms with Gasteiger partial charge in [-0.05, 0) is 38.5 Å². The van der Waals surface area contributed by atoms with Gasteiger partial charge in [-0.25, -0.2) is 9.38 Å². The summed E-state index contributed by atoms with van der Waals surface area (Å²) < 4.78 is 24.5. The van der Waals surface area contributed by atoms with Crippen molar-refractivity contribution in [3.8, 4) is 5.75 Å². The number of morpholine rings is 1. The van der Waals surface area contributed by atoms with Gasteiger partial charge >= 0.3 is 0 Å². The summed E-state index contributed by atoms with van der Waals surface area (Å²) in [5.41, 5.74) is 3.96. The number of pyridine rings is 1. The number of aryl methyl sites for hydroxylation is 1. The van der Waals surface area contributed by atoms with Gasteiger partial charge in [-0.3, -0.25) is 9.88 Å². The minimum Gasteiger partial charge on any atom is -0.496 e. The summed E-state index contributed by atoms with van der Waals surface area (Å²) in [6.07, 6.45) is 1.82. The molecule has 0 amide bonds. The van der Waals surface area contributed by atoms with Gasteiger partial charge in [0.1, 0.15) is 11.6 Å². The van der Waals surface area contributed by atoms with Crippen LogP contribution >= 0.6 is 0 Å². The largest absolute Gasteiger partial charge is 0.496 e. The summed E-state index contributed by atoms with van der Waals surface area (Å²) in [7, 11) is 1.68. The Labute approximate surface area is 190 Å². The predicted octanol–water partition coefficient (Wildman–Crippen LogP) is 2.97. The highest BCUT2D eigenvalue weighted by Crippen LogP contribution is 2.24. The van der Waals surface area contributed by atoms with Gasteiger partial charge in [0.15, 0.2) is 5.96 Å². The van der Waals surface area contributed by atoms with Crippen LogP contribution in [0.4, 0.5) is 4.39 Å². The lowest BCUT2D eigenvalue weighted by Gasteiger charge is -2.35. The maximum absolute atomic E-state index is 13.5. The van der Waals surface area contributed by atoms with Crippen LogP contribution in [0.25, 0.3) is 0 Å². The molecular formula is C24H34FN5O2. The third kappa shape index (κ3) is 6.17. The van der Waals surface area contributed by atoms with E-state index in [-0.39, 0.29) is 11.9 Å². The van der Waals surface area contributed by atoms with Crippen molar-refractivity contribution in [2.75, 3.05) is 46.5 Å². The number of guanidine groups is 1. The standard InChI is InChI=1S/C24H34FN5O2/c1-5-26-24(28-15-21-18(3)23(31-4)17(2)14-27-21)29-16-22(30-10-12-32-13-11-30)19-6-8-20(25)9-7-19/h6-9,14,22H,5,10-13,15-16H2,1-4H3,(H2,26,28,29). The molecule has 1 aliphatic rings. The van der Waals surface area contributed by atoms with Gasteiger partial charge in [0.05, 0.1) is 38.6 Å². The zero-order valence-electron chi connectivity index (χ0n) is 19.4. The van der Waals surface area contributed by atoms with Crippen molar-refractivity contribution in [3.05, 3.63) is 58.7 Å². The zero-order valence-corrected chi connectivity index (χ0v) is 19.4. The van der Waals surface area contributed by atoms with E-state index in [1.54, 1.807) is 7.11 Å². The number of benzene rings is 1. The van der Waals surface area contributed by atoms with Gasteiger partial charge in [0.25, 0.3) is 0 Å². The summed E-state index contributed by atoms with van der Waals surface area (Å²) in [5, 5.41) is 6.77. The quantitative estimate of drug-likeness (QED) is 0.483. The van der Waals surface area contributed by atoms with E-state index in [4.69, 9.17) is 14.5 Å². The molecule has 2 N–H and O–H groups in total. The predicted molar refractivity (Wildman–Crippen MR) is 125 cm³/mol. The van der Waals surface area contributed by atoms with Crippen LogP contribution in [0.5, 0.6) is 5.75 Å². The number of ether oxygens (including phenoxy) is 2. The lowest BCUT2D eigenvalue weighted by Crippen LogP contribution is -2.46. The van der Waals surface area contributed by atoms with E-state index in [2.05, 4.69) is 20.5 Å². The van der Waals surface area contributed by atoms with Crippen LogP contribution < -0.4 is 15.4 Å². The minimum atomic E-state index is -0.228. The number of methoxy groups -OCH3 is 1. The summed E-state index contributed by atoms with van der Waals surface area (Å²) in [6.45, 7) is 10.9. The van der Waals surface area contributed by atoms with Crippen LogP contribution in [-0.4, -0.2) is 62.3 Å².